The van der Waals surface area contributed by atoms with Crippen LogP contribution in [0.25, 0.3) is 0 Å². The molecule has 0 aliphatic heterocycles. The summed E-state index contributed by atoms with van der Waals surface area (Å²) in [5, 5.41) is 11.1. The molecule has 0 radical (unpaired) electrons. The molecule has 0 rings (SSSR count). The molecule has 138 valence electrons. The predicted octanol–water partition coefficient (Wildman–Crippen LogP) is 5.38. The minimum atomic E-state index is 0.0293. The van der Waals surface area contributed by atoms with Gasteiger partial charge in [0.15, 0.2) is 0 Å². The van der Waals surface area contributed by atoms with E-state index in [0.717, 1.165) is 12.8 Å². The van der Waals surface area contributed by atoms with Crippen LogP contribution in [-0.2, 0) is 4.79 Å². The van der Waals surface area contributed by atoms with Crippen molar-refractivity contribution in [1.82, 2.24) is 5.32 Å². The zero-order valence-corrected chi connectivity index (χ0v) is 15.7. The quantitative estimate of drug-likeness (QED) is 0.313. The third-order valence-electron chi connectivity index (χ3n) is 3.70. The van der Waals surface area contributed by atoms with Gasteiger partial charge in [0.05, 0.1) is 6.61 Å². The van der Waals surface area contributed by atoms with Crippen molar-refractivity contribution in [3.8, 4) is 0 Å². The Morgan fingerprint density at radius 3 is 1.96 bits per heavy atom. The van der Waals surface area contributed by atoms with E-state index in [1.807, 2.05) is 6.08 Å². The van der Waals surface area contributed by atoms with Gasteiger partial charge in [-0.05, 0) is 19.3 Å². The first-order chi connectivity index (χ1) is 11.2. The average molecular weight is 328 g/mol. The van der Waals surface area contributed by atoms with Crippen LogP contribution in [0.5, 0.6) is 0 Å². The van der Waals surface area contributed by atoms with Crippen LogP contribution in [-0.4, -0.2) is 24.2 Å². The molecule has 0 saturated carbocycles. The van der Waals surface area contributed by atoms with E-state index in [2.05, 4.69) is 25.7 Å². The molecule has 0 heterocycles. The van der Waals surface area contributed by atoms with Crippen molar-refractivity contribution in [2.45, 2.75) is 97.3 Å². The molecule has 0 bridgehead atoms. The summed E-state index contributed by atoms with van der Waals surface area (Å²) in [6, 6.07) is 0. The van der Waals surface area contributed by atoms with E-state index in [4.69, 9.17) is 5.11 Å². The van der Waals surface area contributed by atoms with Gasteiger partial charge in [0.1, 0.15) is 0 Å². The van der Waals surface area contributed by atoms with Crippen molar-refractivity contribution in [1.29, 1.82) is 0 Å². The van der Waals surface area contributed by atoms with Crippen molar-refractivity contribution in [3.05, 3.63) is 12.7 Å². The molecule has 0 aliphatic rings. The summed E-state index contributed by atoms with van der Waals surface area (Å²) in [5.74, 6) is 0.0607. The van der Waals surface area contributed by atoms with E-state index in [0.29, 0.717) is 13.0 Å². The third-order valence-corrected chi connectivity index (χ3v) is 3.70. The lowest BCUT2D eigenvalue weighted by Gasteiger charge is -2.02. The average Bonchev–Trinajstić information content (AvgIpc) is 2.56. The van der Waals surface area contributed by atoms with E-state index in [-0.39, 0.29) is 12.5 Å². The standard InChI is InChI=1S/C10H21NO2.C10H20/c1-2-3-4-5-6-7-10(13)11-8-9-12;1-3-5-7-9-10-8-6-4-2/h12H,2-9H2,1H3,(H,11,13);3H,1,4-10H2,2H3. The van der Waals surface area contributed by atoms with Crippen molar-refractivity contribution >= 4 is 5.91 Å². The van der Waals surface area contributed by atoms with E-state index in [1.54, 1.807) is 0 Å². The topological polar surface area (TPSA) is 49.3 Å². The Balaban J connectivity index is 0. The normalized spacial score (nSPS) is 9.87. The van der Waals surface area contributed by atoms with Crippen LogP contribution in [0.2, 0.25) is 0 Å². The number of unbranched alkanes of at least 4 members (excludes halogenated alkanes) is 10. The molecule has 0 unspecified atom stereocenters. The highest BCUT2D eigenvalue weighted by atomic mass is 16.3. The van der Waals surface area contributed by atoms with Gasteiger partial charge in [0.25, 0.3) is 0 Å². The fraction of sp³-hybridized carbons (Fsp3) is 0.850. The second kappa shape index (κ2) is 23.4. The Morgan fingerprint density at radius 1 is 0.913 bits per heavy atom. The fourth-order valence-electron chi connectivity index (χ4n) is 2.24. The fourth-order valence-corrected chi connectivity index (χ4v) is 2.24. The molecule has 23 heavy (non-hydrogen) atoms. The smallest absolute Gasteiger partial charge is 0.220 e. The maximum absolute atomic E-state index is 11.0. The molecule has 0 saturated heterocycles. The monoisotopic (exact) mass is 327 g/mol. The maximum Gasteiger partial charge on any atom is 0.220 e. The molecular weight excluding hydrogens is 286 g/mol. The first-order valence-electron chi connectivity index (χ1n) is 9.71. The number of hydrogen-bond acceptors (Lipinski definition) is 2. The molecular formula is C20H41NO2. The van der Waals surface area contributed by atoms with Crippen LogP contribution < -0.4 is 5.32 Å². The number of rotatable bonds is 15. The number of allylic oxidation sites excluding steroid dienone is 1. The summed E-state index contributed by atoms with van der Waals surface area (Å²) in [5.41, 5.74) is 0. The van der Waals surface area contributed by atoms with Gasteiger partial charge in [-0.1, -0.05) is 77.7 Å². The third kappa shape index (κ3) is 26.4. The zero-order valence-electron chi connectivity index (χ0n) is 15.7. The first-order valence-corrected chi connectivity index (χ1v) is 9.71. The number of hydrogen-bond donors (Lipinski definition) is 2. The highest BCUT2D eigenvalue weighted by Crippen LogP contribution is 2.06. The molecule has 2 N–H and O–H groups in total. The number of aliphatic hydroxyl groups excluding tert-OH is 1. The van der Waals surface area contributed by atoms with E-state index in [9.17, 15) is 4.79 Å². The number of aliphatic hydroxyl groups is 1. The summed E-state index contributed by atoms with van der Waals surface area (Å²) in [6.07, 6.45) is 18.0. The Kier molecular flexibility index (Phi) is 24.9. The zero-order chi connectivity index (χ0) is 17.6. The summed E-state index contributed by atoms with van der Waals surface area (Å²) < 4.78 is 0. The van der Waals surface area contributed by atoms with Gasteiger partial charge < -0.3 is 10.4 Å². The Morgan fingerprint density at radius 2 is 1.43 bits per heavy atom. The van der Waals surface area contributed by atoms with Crippen molar-refractivity contribution in [3.63, 3.8) is 0 Å². The molecule has 0 fully saturated rings. The van der Waals surface area contributed by atoms with Crippen molar-refractivity contribution in [2.24, 2.45) is 0 Å². The minimum Gasteiger partial charge on any atom is -0.395 e. The summed E-state index contributed by atoms with van der Waals surface area (Å²) in [6.45, 7) is 8.53. The molecule has 0 aromatic carbocycles. The Hall–Kier alpha value is -0.830. The van der Waals surface area contributed by atoms with Gasteiger partial charge >= 0.3 is 0 Å². The SMILES string of the molecule is C=CCCCCCCCC.CCCCCCCC(=O)NCCO. The molecule has 0 aliphatic carbocycles. The van der Waals surface area contributed by atoms with E-state index in [1.165, 1.54) is 64.2 Å². The summed E-state index contributed by atoms with van der Waals surface area (Å²) >= 11 is 0. The number of amides is 1. The molecule has 0 spiro atoms. The number of nitrogens with one attached hydrogen (secondary N) is 1. The maximum atomic E-state index is 11.0. The van der Waals surface area contributed by atoms with Gasteiger partial charge in [-0.25, -0.2) is 0 Å². The van der Waals surface area contributed by atoms with Crippen molar-refractivity contribution < 1.29 is 9.90 Å². The minimum absolute atomic E-state index is 0.0293. The Labute approximate surface area is 144 Å². The number of carbonyl (C=O) groups is 1. The van der Waals surface area contributed by atoms with Gasteiger partial charge in [-0.15, -0.1) is 6.58 Å². The van der Waals surface area contributed by atoms with Crippen LogP contribution in [0.3, 0.4) is 0 Å². The lowest BCUT2D eigenvalue weighted by atomic mass is 10.1. The van der Waals surface area contributed by atoms with E-state index >= 15 is 0 Å². The van der Waals surface area contributed by atoms with Gasteiger partial charge in [-0.2, -0.15) is 0 Å². The van der Waals surface area contributed by atoms with Crippen molar-refractivity contribution in [2.75, 3.05) is 13.2 Å². The predicted molar refractivity (Wildman–Crippen MR) is 102 cm³/mol. The van der Waals surface area contributed by atoms with Gasteiger partial charge in [-0.3, -0.25) is 4.79 Å². The molecule has 0 aromatic rings. The van der Waals surface area contributed by atoms with E-state index < -0.39 is 0 Å². The van der Waals surface area contributed by atoms with Crippen LogP contribution in [0.4, 0.5) is 0 Å². The lowest BCUT2D eigenvalue weighted by molar-refractivity contribution is -0.121. The van der Waals surface area contributed by atoms with Crippen LogP contribution >= 0.6 is 0 Å². The lowest BCUT2D eigenvalue weighted by Crippen LogP contribution is -2.25. The molecule has 0 aromatic heterocycles. The highest BCUT2D eigenvalue weighted by molar-refractivity contribution is 5.75. The molecule has 1 amide bonds. The molecule has 3 heteroatoms. The highest BCUT2D eigenvalue weighted by Gasteiger charge is 1.98. The van der Waals surface area contributed by atoms with Crippen LogP contribution in [0.15, 0.2) is 12.7 Å². The van der Waals surface area contributed by atoms with Gasteiger partial charge in [0, 0.05) is 13.0 Å². The molecule has 0 atom stereocenters. The van der Waals surface area contributed by atoms with Gasteiger partial charge in [0.2, 0.25) is 5.91 Å². The Bertz CT molecular complexity index is 242. The second-order valence-corrected chi connectivity index (χ2v) is 6.08. The largest absolute Gasteiger partial charge is 0.395 e. The van der Waals surface area contributed by atoms with Crippen LogP contribution in [0.1, 0.15) is 97.3 Å². The second-order valence-electron chi connectivity index (χ2n) is 6.08. The van der Waals surface area contributed by atoms with Crippen LogP contribution in [0, 0.1) is 0 Å². The summed E-state index contributed by atoms with van der Waals surface area (Å²) in [7, 11) is 0. The summed E-state index contributed by atoms with van der Waals surface area (Å²) in [4.78, 5) is 11.0. The number of carbonyl (C=O) groups excluding carboxylic acids is 1. The molecule has 3 nitrogen and oxygen atoms in total. The first kappa shape index (κ1) is 24.4.